The Morgan fingerprint density at radius 1 is 1.35 bits per heavy atom. The Kier molecular flexibility index (Phi) is 5.83. The molecule has 5 nitrogen and oxygen atoms in total. The maximum atomic E-state index is 5.50. The molecule has 0 bridgehead atoms. The summed E-state index contributed by atoms with van der Waals surface area (Å²) in [7, 11) is 0. The summed E-state index contributed by atoms with van der Waals surface area (Å²) in [4.78, 5) is 4.39. The van der Waals surface area contributed by atoms with E-state index in [0.717, 1.165) is 25.3 Å². The number of hydrogen-bond donors (Lipinski definition) is 3. The van der Waals surface area contributed by atoms with Gasteiger partial charge in [-0.15, -0.1) is 0 Å². The summed E-state index contributed by atoms with van der Waals surface area (Å²) < 4.78 is 5.28. The fourth-order valence-electron chi connectivity index (χ4n) is 2.41. The molecular weight excluding hydrogens is 252 g/mol. The van der Waals surface area contributed by atoms with Crippen LogP contribution in [0.1, 0.15) is 30.9 Å². The van der Waals surface area contributed by atoms with E-state index in [1.807, 2.05) is 6.92 Å². The molecule has 0 aliphatic heterocycles. The minimum atomic E-state index is 0.597. The summed E-state index contributed by atoms with van der Waals surface area (Å²) in [5, 5.41) is 3.22. The summed E-state index contributed by atoms with van der Waals surface area (Å²) >= 11 is 0. The lowest BCUT2D eigenvalue weighted by Crippen LogP contribution is -2.36. The molecule has 0 unspecified atom stereocenters. The van der Waals surface area contributed by atoms with E-state index in [4.69, 9.17) is 10.6 Å². The molecule has 1 aromatic carbocycles. The number of guanidine groups is 1. The monoisotopic (exact) mass is 276 g/mol. The lowest BCUT2D eigenvalue weighted by atomic mass is 10.1. The van der Waals surface area contributed by atoms with Gasteiger partial charge in [0.2, 0.25) is 5.96 Å². The first-order valence-electron chi connectivity index (χ1n) is 7.31. The molecule has 0 saturated carbocycles. The van der Waals surface area contributed by atoms with Gasteiger partial charge in [0.05, 0.1) is 0 Å². The number of ether oxygens (including phenoxy) is 1. The third-order valence-corrected chi connectivity index (χ3v) is 3.42. The quantitative estimate of drug-likeness (QED) is 0.244. The van der Waals surface area contributed by atoms with Crippen LogP contribution in [0.25, 0.3) is 0 Å². The number of nitrogens with one attached hydrogen (secondary N) is 2. The number of nitrogens with two attached hydrogens (primary N) is 1. The molecule has 0 heterocycles. The topological polar surface area (TPSA) is 71.7 Å². The number of anilines is 1. The summed E-state index contributed by atoms with van der Waals surface area (Å²) in [6.07, 6.45) is 4.52. The largest absolute Gasteiger partial charge is 0.382 e. The molecule has 4 N–H and O–H groups in total. The van der Waals surface area contributed by atoms with E-state index >= 15 is 0 Å². The highest BCUT2D eigenvalue weighted by Crippen LogP contribution is 2.24. The molecule has 0 saturated heterocycles. The van der Waals surface area contributed by atoms with E-state index < -0.39 is 0 Å². The molecule has 1 aliphatic carbocycles. The van der Waals surface area contributed by atoms with Gasteiger partial charge in [0.25, 0.3) is 0 Å². The van der Waals surface area contributed by atoms with E-state index in [1.54, 1.807) is 0 Å². The van der Waals surface area contributed by atoms with E-state index in [1.165, 1.54) is 30.4 Å². The highest BCUT2D eigenvalue weighted by Gasteiger charge is 2.11. The second-order valence-corrected chi connectivity index (χ2v) is 4.89. The number of nitrogens with zero attached hydrogens (tertiary/aromatic N) is 1. The maximum absolute atomic E-state index is 5.50. The van der Waals surface area contributed by atoms with Crippen LogP contribution in [0.3, 0.4) is 0 Å². The highest BCUT2D eigenvalue weighted by atomic mass is 16.5. The van der Waals surface area contributed by atoms with Gasteiger partial charge in [0, 0.05) is 25.4 Å². The smallest absolute Gasteiger partial charge is 0.210 e. The molecule has 0 spiro atoms. The van der Waals surface area contributed by atoms with Crippen LogP contribution in [0.15, 0.2) is 23.2 Å². The van der Waals surface area contributed by atoms with E-state index in [-0.39, 0.29) is 0 Å². The van der Waals surface area contributed by atoms with Crippen molar-refractivity contribution in [2.24, 2.45) is 10.8 Å². The van der Waals surface area contributed by atoms with Crippen molar-refractivity contribution in [3.63, 3.8) is 0 Å². The average Bonchev–Trinajstić information content (AvgIpc) is 2.93. The third kappa shape index (κ3) is 4.21. The minimum Gasteiger partial charge on any atom is -0.382 e. The Hall–Kier alpha value is -1.59. The van der Waals surface area contributed by atoms with Crippen LogP contribution in [-0.2, 0) is 17.6 Å². The van der Waals surface area contributed by atoms with Gasteiger partial charge in [0.15, 0.2) is 0 Å². The fraction of sp³-hybridized carbons (Fsp3) is 0.533. The van der Waals surface area contributed by atoms with E-state index in [2.05, 4.69) is 33.9 Å². The molecule has 2 rings (SSSR count). The molecule has 0 aromatic heterocycles. The zero-order valence-corrected chi connectivity index (χ0v) is 12.1. The van der Waals surface area contributed by atoms with Crippen LogP contribution in [0.5, 0.6) is 0 Å². The molecule has 0 radical (unpaired) electrons. The first kappa shape index (κ1) is 14.8. The maximum Gasteiger partial charge on any atom is 0.210 e. The standard InChI is InChI=1S/C15H24N4O/c1-2-20-10-4-9-17-15(19-16)18-14-8-7-12-5-3-6-13(12)11-14/h7-8,11H,2-6,9-10,16H2,1H3,(H2,17,18,19). The first-order valence-corrected chi connectivity index (χ1v) is 7.31. The minimum absolute atomic E-state index is 0.597. The van der Waals surface area contributed by atoms with Crippen molar-refractivity contribution in [2.75, 3.05) is 25.1 Å². The van der Waals surface area contributed by atoms with Gasteiger partial charge in [-0.25, -0.2) is 5.84 Å². The average molecular weight is 276 g/mol. The summed E-state index contributed by atoms with van der Waals surface area (Å²) in [6, 6.07) is 6.46. The Morgan fingerprint density at radius 3 is 3.00 bits per heavy atom. The Balaban J connectivity index is 1.87. The molecule has 110 valence electrons. The highest BCUT2D eigenvalue weighted by molar-refractivity contribution is 5.93. The number of hydrazine groups is 1. The predicted octanol–water partition coefficient (Wildman–Crippen LogP) is 1.83. The van der Waals surface area contributed by atoms with Crippen LogP contribution in [0.2, 0.25) is 0 Å². The van der Waals surface area contributed by atoms with Crippen LogP contribution in [-0.4, -0.2) is 25.7 Å². The van der Waals surface area contributed by atoms with Gasteiger partial charge in [-0.3, -0.25) is 10.4 Å². The molecule has 1 aliphatic rings. The molecule has 5 heteroatoms. The SMILES string of the molecule is CCOCCCN=C(NN)Nc1ccc2c(c1)CCC2. The van der Waals surface area contributed by atoms with Crippen LogP contribution >= 0.6 is 0 Å². The number of aliphatic imine (C=N–C) groups is 1. The second-order valence-electron chi connectivity index (χ2n) is 4.89. The number of aryl methyl sites for hydroxylation is 2. The van der Waals surface area contributed by atoms with Crippen molar-refractivity contribution in [3.8, 4) is 0 Å². The normalized spacial score (nSPS) is 14.2. The Morgan fingerprint density at radius 2 is 2.20 bits per heavy atom. The fourth-order valence-corrected chi connectivity index (χ4v) is 2.41. The zero-order valence-electron chi connectivity index (χ0n) is 12.1. The van der Waals surface area contributed by atoms with Crippen molar-refractivity contribution in [1.82, 2.24) is 5.43 Å². The molecular formula is C15H24N4O. The van der Waals surface area contributed by atoms with Crippen LogP contribution in [0.4, 0.5) is 5.69 Å². The number of rotatable bonds is 6. The lowest BCUT2D eigenvalue weighted by Gasteiger charge is -2.10. The summed E-state index contributed by atoms with van der Waals surface area (Å²) in [5.74, 6) is 6.10. The molecule has 1 aromatic rings. The zero-order chi connectivity index (χ0) is 14.2. The van der Waals surface area contributed by atoms with Crippen molar-refractivity contribution in [3.05, 3.63) is 29.3 Å². The number of hydrogen-bond acceptors (Lipinski definition) is 3. The van der Waals surface area contributed by atoms with Crippen LogP contribution < -0.4 is 16.6 Å². The van der Waals surface area contributed by atoms with E-state index in [9.17, 15) is 0 Å². The Bertz CT molecular complexity index is 459. The summed E-state index contributed by atoms with van der Waals surface area (Å²) in [6.45, 7) is 4.17. The van der Waals surface area contributed by atoms with Gasteiger partial charge in [-0.2, -0.15) is 0 Å². The second kappa shape index (κ2) is 7.87. The number of fused-ring (bicyclic) bond motifs is 1. The van der Waals surface area contributed by atoms with Crippen LogP contribution in [0, 0.1) is 0 Å². The van der Waals surface area contributed by atoms with E-state index in [0.29, 0.717) is 12.5 Å². The van der Waals surface area contributed by atoms with Gasteiger partial charge in [0.1, 0.15) is 0 Å². The van der Waals surface area contributed by atoms with Gasteiger partial charge in [-0.1, -0.05) is 6.07 Å². The van der Waals surface area contributed by atoms with Crippen molar-refractivity contribution < 1.29 is 4.74 Å². The lowest BCUT2D eigenvalue weighted by molar-refractivity contribution is 0.146. The van der Waals surface area contributed by atoms with Gasteiger partial charge >= 0.3 is 0 Å². The molecule has 0 fully saturated rings. The van der Waals surface area contributed by atoms with Gasteiger partial charge in [-0.05, 0) is 55.9 Å². The van der Waals surface area contributed by atoms with Crippen molar-refractivity contribution >= 4 is 11.6 Å². The molecule has 20 heavy (non-hydrogen) atoms. The predicted molar refractivity (Wildman–Crippen MR) is 82.8 cm³/mol. The molecule has 0 atom stereocenters. The first-order chi connectivity index (χ1) is 9.83. The summed E-state index contributed by atoms with van der Waals surface area (Å²) in [5.41, 5.74) is 6.54. The van der Waals surface area contributed by atoms with Crippen molar-refractivity contribution in [1.29, 1.82) is 0 Å². The van der Waals surface area contributed by atoms with Gasteiger partial charge < -0.3 is 10.1 Å². The van der Waals surface area contributed by atoms with Crippen molar-refractivity contribution in [2.45, 2.75) is 32.6 Å². The number of benzene rings is 1. The third-order valence-electron chi connectivity index (χ3n) is 3.42. The Labute approximate surface area is 120 Å². The molecule has 0 amide bonds.